The Morgan fingerprint density at radius 1 is 1.26 bits per heavy atom. The highest BCUT2D eigenvalue weighted by Crippen LogP contribution is 2.23. The summed E-state index contributed by atoms with van der Waals surface area (Å²) in [5, 5.41) is 0. The molecule has 0 atom stereocenters. The molecule has 0 amide bonds. The maximum Gasteiger partial charge on any atom is 0.238 e. The fourth-order valence-electron chi connectivity index (χ4n) is 1.84. The van der Waals surface area contributed by atoms with E-state index in [2.05, 4.69) is 42.7 Å². The summed E-state index contributed by atoms with van der Waals surface area (Å²) in [6, 6.07) is 3.81. The highest BCUT2D eigenvalue weighted by atomic mass is 16.5. The Hall–Kier alpha value is -1.49. The van der Waals surface area contributed by atoms with Gasteiger partial charge in [-0.25, -0.2) is 0 Å². The van der Waals surface area contributed by atoms with Gasteiger partial charge < -0.3 is 20.3 Å². The molecular formula is C14H26N4O. The van der Waals surface area contributed by atoms with Gasteiger partial charge in [-0.3, -0.25) is 0 Å². The Kier molecular flexibility index (Phi) is 5.89. The van der Waals surface area contributed by atoms with Gasteiger partial charge in [0.15, 0.2) is 0 Å². The number of rotatable bonds is 7. The summed E-state index contributed by atoms with van der Waals surface area (Å²) in [6.07, 6.45) is 0. The molecule has 0 radical (unpaired) electrons. The van der Waals surface area contributed by atoms with Crippen LogP contribution in [0.2, 0.25) is 0 Å². The summed E-state index contributed by atoms with van der Waals surface area (Å²) >= 11 is 0. The normalized spacial score (nSPS) is 11.1. The van der Waals surface area contributed by atoms with Gasteiger partial charge in [-0.05, 0) is 32.1 Å². The molecule has 2 N–H and O–H groups in total. The van der Waals surface area contributed by atoms with Crippen LogP contribution in [0.25, 0.3) is 0 Å². The van der Waals surface area contributed by atoms with Crippen molar-refractivity contribution >= 4 is 11.5 Å². The molecule has 19 heavy (non-hydrogen) atoms. The Bertz CT molecular complexity index is 393. The predicted molar refractivity (Wildman–Crippen MR) is 80.8 cm³/mol. The van der Waals surface area contributed by atoms with Crippen LogP contribution in [-0.2, 0) is 0 Å². The van der Waals surface area contributed by atoms with Gasteiger partial charge in [0.25, 0.3) is 0 Å². The maximum atomic E-state index is 5.81. The summed E-state index contributed by atoms with van der Waals surface area (Å²) in [5.74, 6) is 1.99. The van der Waals surface area contributed by atoms with Crippen molar-refractivity contribution in [3.8, 4) is 5.88 Å². The van der Waals surface area contributed by atoms with Gasteiger partial charge >= 0.3 is 0 Å². The molecule has 1 heterocycles. The minimum absolute atomic E-state index is 0.496. The zero-order chi connectivity index (χ0) is 14.4. The van der Waals surface area contributed by atoms with Gasteiger partial charge in [0.05, 0.1) is 12.8 Å². The molecule has 0 aromatic carbocycles. The van der Waals surface area contributed by atoms with Crippen molar-refractivity contribution in [2.75, 3.05) is 51.5 Å². The second-order valence-electron chi connectivity index (χ2n) is 5.41. The first-order valence-corrected chi connectivity index (χ1v) is 6.64. The number of nitrogen functional groups attached to an aromatic ring is 1. The minimum atomic E-state index is 0.496. The minimum Gasteiger partial charge on any atom is -0.479 e. The van der Waals surface area contributed by atoms with Crippen molar-refractivity contribution in [1.82, 2.24) is 9.88 Å². The van der Waals surface area contributed by atoms with Crippen molar-refractivity contribution in [3.05, 3.63) is 12.1 Å². The molecule has 0 fully saturated rings. The molecule has 0 saturated heterocycles. The second-order valence-corrected chi connectivity index (χ2v) is 5.41. The van der Waals surface area contributed by atoms with E-state index in [0.29, 0.717) is 17.5 Å². The van der Waals surface area contributed by atoms with Crippen molar-refractivity contribution in [3.63, 3.8) is 0 Å². The van der Waals surface area contributed by atoms with E-state index in [0.717, 1.165) is 25.5 Å². The molecule has 5 heteroatoms. The number of ether oxygens (including phenoxy) is 1. The highest BCUT2D eigenvalue weighted by Gasteiger charge is 2.12. The zero-order valence-corrected chi connectivity index (χ0v) is 12.7. The van der Waals surface area contributed by atoms with Gasteiger partial charge in [0.1, 0.15) is 5.82 Å². The van der Waals surface area contributed by atoms with Crippen molar-refractivity contribution < 1.29 is 4.74 Å². The van der Waals surface area contributed by atoms with E-state index >= 15 is 0 Å². The van der Waals surface area contributed by atoms with E-state index in [1.165, 1.54) is 0 Å². The smallest absolute Gasteiger partial charge is 0.238 e. The lowest BCUT2D eigenvalue weighted by atomic mass is 10.2. The van der Waals surface area contributed by atoms with Gasteiger partial charge in [0.2, 0.25) is 5.88 Å². The van der Waals surface area contributed by atoms with Crippen LogP contribution < -0.4 is 15.4 Å². The number of nitrogens with two attached hydrogens (primary N) is 1. The first kappa shape index (κ1) is 15.6. The van der Waals surface area contributed by atoms with Crippen LogP contribution in [0.5, 0.6) is 5.88 Å². The molecule has 0 unspecified atom stereocenters. The lowest BCUT2D eigenvalue weighted by Gasteiger charge is -2.27. The van der Waals surface area contributed by atoms with E-state index in [4.69, 9.17) is 10.5 Å². The maximum absolute atomic E-state index is 5.81. The fraction of sp³-hybridized carbons (Fsp3) is 0.643. The number of likely N-dealkylation sites (N-methyl/N-ethyl adjacent to an activating group) is 1. The largest absolute Gasteiger partial charge is 0.479 e. The number of aromatic nitrogens is 1. The molecule has 1 rings (SSSR count). The number of methoxy groups -OCH3 is 1. The molecule has 5 nitrogen and oxygen atoms in total. The van der Waals surface area contributed by atoms with Crippen molar-refractivity contribution in [2.24, 2.45) is 5.92 Å². The van der Waals surface area contributed by atoms with Gasteiger partial charge in [0, 0.05) is 19.6 Å². The molecule has 0 aliphatic rings. The predicted octanol–water partition coefficient (Wildman–Crippen LogP) is 1.70. The monoisotopic (exact) mass is 266 g/mol. The average Bonchev–Trinajstić information content (AvgIpc) is 2.34. The van der Waals surface area contributed by atoms with E-state index in [-0.39, 0.29) is 0 Å². The van der Waals surface area contributed by atoms with Crippen molar-refractivity contribution in [2.45, 2.75) is 13.8 Å². The average molecular weight is 266 g/mol. The fourth-order valence-corrected chi connectivity index (χ4v) is 1.84. The van der Waals surface area contributed by atoms with E-state index in [9.17, 15) is 0 Å². The topological polar surface area (TPSA) is 54.6 Å². The molecule has 1 aromatic heterocycles. The van der Waals surface area contributed by atoms with Crippen LogP contribution in [0, 0.1) is 5.92 Å². The summed E-state index contributed by atoms with van der Waals surface area (Å²) in [7, 11) is 5.74. The quantitative estimate of drug-likeness (QED) is 0.814. The third-order valence-corrected chi connectivity index (χ3v) is 2.80. The van der Waals surface area contributed by atoms with E-state index in [1.54, 1.807) is 7.11 Å². The number of pyridine rings is 1. The summed E-state index contributed by atoms with van der Waals surface area (Å²) in [6.45, 7) is 7.30. The van der Waals surface area contributed by atoms with Gasteiger partial charge in [-0.2, -0.15) is 4.98 Å². The van der Waals surface area contributed by atoms with Crippen LogP contribution in [0.3, 0.4) is 0 Å². The van der Waals surface area contributed by atoms with Gasteiger partial charge in [-0.15, -0.1) is 0 Å². The molecule has 0 saturated carbocycles. The molecule has 108 valence electrons. The third-order valence-electron chi connectivity index (χ3n) is 2.80. The molecule has 0 spiro atoms. The summed E-state index contributed by atoms with van der Waals surface area (Å²) < 4.78 is 5.19. The molecular weight excluding hydrogens is 240 g/mol. The Morgan fingerprint density at radius 2 is 1.95 bits per heavy atom. The Balaban J connectivity index is 2.89. The van der Waals surface area contributed by atoms with Crippen LogP contribution >= 0.6 is 0 Å². The first-order chi connectivity index (χ1) is 8.93. The number of hydrogen-bond donors (Lipinski definition) is 1. The molecule has 1 aromatic rings. The van der Waals surface area contributed by atoms with Crippen molar-refractivity contribution in [1.29, 1.82) is 0 Å². The molecule has 0 bridgehead atoms. The lowest BCUT2D eigenvalue weighted by molar-refractivity contribution is 0.396. The molecule has 0 aliphatic carbocycles. The Morgan fingerprint density at radius 3 is 2.47 bits per heavy atom. The van der Waals surface area contributed by atoms with E-state index in [1.807, 2.05) is 12.1 Å². The number of hydrogen-bond acceptors (Lipinski definition) is 5. The van der Waals surface area contributed by atoms with E-state index < -0.39 is 0 Å². The first-order valence-electron chi connectivity index (χ1n) is 6.64. The summed E-state index contributed by atoms with van der Waals surface area (Å²) in [5.41, 5.74) is 6.38. The van der Waals surface area contributed by atoms with Crippen LogP contribution in [-0.4, -0.2) is 50.7 Å². The molecule has 0 aliphatic heterocycles. The van der Waals surface area contributed by atoms with Gasteiger partial charge in [-0.1, -0.05) is 13.8 Å². The third kappa shape index (κ3) is 4.95. The van der Waals surface area contributed by atoms with Crippen LogP contribution in [0.4, 0.5) is 11.5 Å². The number of nitrogens with zero attached hydrogens (tertiary/aromatic N) is 3. The van der Waals surface area contributed by atoms with Crippen LogP contribution in [0.15, 0.2) is 12.1 Å². The SMILES string of the molecule is COc1nc(N(CCN(C)C)CC(C)C)ccc1N. The lowest BCUT2D eigenvalue weighted by Crippen LogP contribution is -2.35. The zero-order valence-electron chi connectivity index (χ0n) is 12.7. The number of anilines is 2. The van der Waals surface area contributed by atoms with Crippen LogP contribution in [0.1, 0.15) is 13.8 Å². The standard InChI is InChI=1S/C14H26N4O/c1-11(2)10-18(9-8-17(3)4)13-7-6-12(15)14(16-13)19-5/h6-7,11H,8-10,15H2,1-5H3. The second kappa shape index (κ2) is 7.19. The highest BCUT2D eigenvalue weighted by molar-refractivity contribution is 5.54. The summed E-state index contributed by atoms with van der Waals surface area (Å²) in [4.78, 5) is 8.92. The Labute approximate surface area is 116 Å².